The topological polar surface area (TPSA) is 24.9 Å². The number of aromatic nitrogens is 1. The van der Waals surface area contributed by atoms with Crippen molar-refractivity contribution < 1.29 is 4.39 Å². The predicted octanol–water partition coefficient (Wildman–Crippen LogP) is 4.69. The normalized spacial score (nSPS) is 13.1. The van der Waals surface area contributed by atoms with Crippen molar-refractivity contribution in [3.05, 3.63) is 59.5 Å². The van der Waals surface area contributed by atoms with Crippen LogP contribution >= 0.6 is 0 Å². The highest BCUT2D eigenvalue weighted by atomic mass is 19.1. The van der Waals surface area contributed by atoms with Crippen LogP contribution in [0.2, 0.25) is 0 Å². The molecule has 0 spiro atoms. The molecular formula is C17H21FN2. The van der Waals surface area contributed by atoms with Crippen LogP contribution in [0.15, 0.2) is 42.6 Å². The summed E-state index contributed by atoms with van der Waals surface area (Å²) in [7, 11) is 0. The van der Waals surface area contributed by atoms with Gasteiger partial charge in [0.1, 0.15) is 11.6 Å². The lowest BCUT2D eigenvalue weighted by atomic mass is 9.88. The maximum Gasteiger partial charge on any atom is 0.126 e. The molecule has 20 heavy (non-hydrogen) atoms. The van der Waals surface area contributed by atoms with Gasteiger partial charge in [0.05, 0.1) is 6.04 Å². The lowest BCUT2D eigenvalue weighted by Crippen LogP contribution is -2.13. The Morgan fingerprint density at radius 2 is 1.90 bits per heavy atom. The van der Waals surface area contributed by atoms with Crippen LogP contribution in [0.25, 0.3) is 0 Å². The number of halogens is 1. The molecule has 0 fully saturated rings. The number of anilines is 1. The van der Waals surface area contributed by atoms with E-state index in [0.29, 0.717) is 0 Å². The molecule has 2 nitrogen and oxygen atoms in total. The molecule has 1 unspecified atom stereocenters. The third-order valence-electron chi connectivity index (χ3n) is 3.34. The van der Waals surface area contributed by atoms with Crippen molar-refractivity contribution in [3.8, 4) is 0 Å². The van der Waals surface area contributed by atoms with Crippen LogP contribution in [-0.4, -0.2) is 4.98 Å². The maximum absolute atomic E-state index is 13.2. The van der Waals surface area contributed by atoms with Gasteiger partial charge in [-0.15, -0.1) is 0 Å². The standard InChI is InChI=1S/C17H21FN2/c1-12(13-6-5-7-15(18)10-13)20-16-9-8-14(11-19-16)17(2,3)4/h5-12H,1-4H3,(H,19,20). The molecule has 1 aromatic carbocycles. The van der Waals surface area contributed by atoms with Crippen molar-refractivity contribution in [2.24, 2.45) is 0 Å². The number of hydrogen-bond acceptors (Lipinski definition) is 2. The number of nitrogens with zero attached hydrogens (tertiary/aromatic N) is 1. The van der Waals surface area contributed by atoms with Gasteiger partial charge in [-0.05, 0) is 41.7 Å². The number of benzene rings is 1. The quantitative estimate of drug-likeness (QED) is 0.876. The highest BCUT2D eigenvalue weighted by Gasteiger charge is 2.14. The van der Waals surface area contributed by atoms with E-state index < -0.39 is 0 Å². The van der Waals surface area contributed by atoms with Crippen LogP contribution in [-0.2, 0) is 5.41 Å². The fraction of sp³-hybridized carbons (Fsp3) is 0.353. The van der Waals surface area contributed by atoms with Gasteiger partial charge in [-0.25, -0.2) is 9.37 Å². The van der Waals surface area contributed by atoms with Gasteiger partial charge in [-0.3, -0.25) is 0 Å². The van der Waals surface area contributed by atoms with Crippen LogP contribution < -0.4 is 5.32 Å². The zero-order valence-corrected chi connectivity index (χ0v) is 12.4. The van der Waals surface area contributed by atoms with E-state index in [1.54, 1.807) is 12.1 Å². The van der Waals surface area contributed by atoms with Gasteiger partial charge in [-0.2, -0.15) is 0 Å². The smallest absolute Gasteiger partial charge is 0.126 e. The highest BCUT2D eigenvalue weighted by Crippen LogP contribution is 2.23. The first kappa shape index (κ1) is 14.5. The van der Waals surface area contributed by atoms with Crippen molar-refractivity contribution >= 4 is 5.82 Å². The summed E-state index contributed by atoms with van der Waals surface area (Å²) in [6.45, 7) is 8.47. The lowest BCUT2D eigenvalue weighted by Gasteiger charge is -2.20. The Morgan fingerprint density at radius 3 is 2.45 bits per heavy atom. The summed E-state index contributed by atoms with van der Waals surface area (Å²) in [5.41, 5.74) is 2.20. The molecule has 0 bridgehead atoms. The van der Waals surface area contributed by atoms with Crippen LogP contribution in [0, 0.1) is 5.82 Å². The molecule has 0 aliphatic heterocycles. The number of nitrogens with one attached hydrogen (secondary N) is 1. The Morgan fingerprint density at radius 1 is 1.15 bits per heavy atom. The van der Waals surface area contributed by atoms with Crippen LogP contribution in [0.1, 0.15) is 44.9 Å². The zero-order chi connectivity index (χ0) is 14.8. The average Bonchev–Trinajstić information content (AvgIpc) is 2.38. The van der Waals surface area contributed by atoms with Crippen LogP contribution in [0.5, 0.6) is 0 Å². The van der Waals surface area contributed by atoms with Gasteiger partial charge < -0.3 is 5.32 Å². The second kappa shape index (κ2) is 5.61. The van der Waals surface area contributed by atoms with Crippen molar-refractivity contribution in [2.75, 3.05) is 5.32 Å². The Hall–Kier alpha value is -1.90. The SMILES string of the molecule is CC(Nc1ccc(C(C)(C)C)cn1)c1cccc(F)c1. The highest BCUT2D eigenvalue weighted by molar-refractivity contribution is 5.40. The Balaban J connectivity index is 2.10. The van der Waals surface area contributed by atoms with Crippen LogP contribution in [0.3, 0.4) is 0 Å². The van der Waals surface area contributed by atoms with E-state index in [0.717, 1.165) is 11.4 Å². The minimum atomic E-state index is -0.216. The second-order valence-electron chi connectivity index (χ2n) is 6.10. The van der Waals surface area contributed by atoms with E-state index in [1.165, 1.54) is 11.6 Å². The largest absolute Gasteiger partial charge is 0.364 e. The van der Waals surface area contributed by atoms with Gasteiger partial charge in [0, 0.05) is 6.20 Å². The van der Waals surface area contributed by atoms with Crippen molar-refractivity contribution in [2.45, 2.75) is 39.2 Å². The minimum absolute atomic E-state index is 0.0127. The number of pyridine rings is 1. The molecule has 0 saturated heterocycles. The molecule has 1 aromatic heterocycles. The monoisotopic (exact) mass is 272 g/mol. The molecule has 0 aliphatic carbocycles. The molecule has 3 heteroatoms. The lowest BCUT2D eigenvalue weighted by molar-refractivity contribution is 0.587. The van der Waals surface area contributed by atoms with Crippen molar-refractivity contribution in [1.29, 1.82) is 0 Å². The van der Waals surface area contributed by atoms with Crippen molar-refractivity contribution in [3.63, 3.8) is 0 Å². The first-order chi connectivity index (χ1) is 9.36. The Bertz CT molecular complexity index is 570. The molecule has 0 amide bonds. The van der Waals surface area contributed by atoms with E-state index in [2.05, 4.69) is 37.1 Å². The maximum atomic E-state index is 13.2. The summed E-state index contributed by atoms with van der Waals surface area (Å²) >= 11 is 0. The zero-order valence-electron chi connectivity index (χ0n) is 12.4. The first-order valence-corrected chi connectivity index (χ1v) is 6.85. The number of hydrogen-bond donors (Lipinski definition) is 1. The third-order valence-corrected chi connectivity index (χ3v) is 3.34. The van der Waals surface area contributed by atoms with Gasteiger partial charge in [0.25, 0.3) is 0 Å². The van der Waals surface area contributed by atoms with E-state index in [1.807, 2.05) is 25.3 Å². The molecular weight excluding hydrogens is 251 g/mol. The van der Waals surface area contributed by atoms with Gasteiger partial charge >= 0.3 is 0 Å². The molecule has 1 N–H and O–H groups in total. The summed E-state index contributed by atoms with van der Waals surface area (Å²) in [5, 5.41) is 3.29. The fourth-order valence-electron chi connectivity index (χ4n) is 2.00. The van der Waals surface area contributed by atoms with E-state index in [4.69, 9.17) is 0 Å². The predicted molar refractivity (Wildman–Crippen MR) is 81.4 cm³/mol. The van der Waals surface area contributed by atoms with Gasteiger partial charge in [-0.1, -0.05) is 39.0 Å². The molecule has 106 valence electrons. The molecule has 0 radical (unpaired) electrons. The summed E-state index contributed by atoms with van der Waals surface area (Å²) in [6.07, 6.45) is 1.89. The van der Waals surface area contributed by atoms with Gasteiger partial charge in [0.2, 0.25) is 0 Å². The molecule has 1 atom stereocenters. The average molecular weight is 272 g/mol. The molecule has 2 rings (SSSR count). The van der Waals surface area contributed by atoms with Gasteiger partial charge in [0.15, 0.2) is 0 Å². The van der Waals surface area contributed by atoms with Crippen LogP contribution in [0.4, 0.5) is 10.2 Å². The van der Waals surface area contributed by atoms with E-state index in [9.17, 15) is 4.39 Å². The van der Waals surface area contributed by atoms with E-state index in [-0.39, 0.29) is 17.3 Å². The second-order valence-corrected chi connectivity index (χ2v) is 6.10. The van der Waals surface area contributed by atoms with Crippen molar-refractivity contribution in [1.82, 2.24) is 4.98 Å². The first-order valence-electron chi connectivity index (χ1n) is 6.85. The van der Waals surface area contributed by atoms with E-state index >= 15 is 0 Å². The number of rotatable bonds is 3. The summed E-state index contributed by atoms with van der Waals surface area (Å²) in [4.78, 5) is 4.43. The summed E-state index contributed by atoms with van der Waals surface area (Å²) < 4.78 is 13.2. The Kier molecular flexibility index (Phi) is 4.07. The summed E-state index contributed by atoms with van der Waals surface area (Å²) in [6, 6.07) is 10.7. The fourth-order valence-corrected chi connectivity index (χ4v) is 2.00. The third kappa shape index (κ3) is 3.56. The summed E-state index contributed by atoms with van der Waals surface area (Å²) in [5.74, 6) is 0.585. The molecule has 2 aromatic rings. The Labute approximate surface area is 120 Å². The molecule has 0 saturated carbocycles. The molecule has 1 heterocycles. The molecule has 0 aliphatic rings. The minimum Gasteiger partial charge on any atom is -0.364 e.